The van der Waals surface area contributed by atoms with E-state index in [-0.39, 0.29) is 6.04 Å². The maximum absolute atomic E-state index is 5.82. The largest absolute Gasteiger partial charge is 0.453 e. The van der Waals surface area contributed by atoms with Crippen molar-refractivity contribution in [3.8, 4) is 0 Å². The first-order valence-electron chi connectivity index (χ1n) is 5.46. The molecule has 1 aromatic rings. The number of nitrogens with zero attached hydrogens (tertiary/aromatic N) is 1. The molecule has 1 aromatic heterocycles. The summed E-state index contributed by atoms with van der Waals surface area (Å²) in [6.45, 7) is 2.51. The van der Waals surface area contributed by atoms with E-state index in [2.05, 4.69) is 20.8 Å². The minimum atomic E-state index is 0.159. The van der Waals surface area contributed by atoms with E-state index < -0.39 is 0 Å². The zero-order valence-corrected chi connectivity index (χ0v) is 10.9. The first kappa shape index (κ1) is 12.1. The monoisotopic (exact) mass is 288 g/mol. The molecule has 0 aliphatic carbocycles. The van der Waals surface area contributed by atoms with Crippen LogP contribution in [0.2, 0.25) is 0 Å². The molecule has 0 amide bonds. The molecule has 2 heterocycles. The van der Waals surface area contributed by atoms with E-state index in [0.717, 1.165) is 29.9 Å². The summed E-state index contributed by atoms with van der Waals surface area (Å²) in [4.78, 5) is 2.32. The summed E-state index contributed by atoms with van der Waals surface area (Å²) in [6.07, 6.45) is 1.39. The Morgan fingerprint density at radius 1 is 1.69 bits per heavy atom. The number of hydrogen-bond donors (Lipinski definition) is 1. The zero-order valence-electron chi connectivity index (χ0n) is 9.36. The van der Waals surface area contributed by atoms with Gasteiger partial charge in [-0.2, -0.15) is 0 Å². The highest BCUT2D eigenvalue weighted by Gasteiger charge is 2.29. The SMILES string of the molecule is COC1CCN(C(CN)c2ccc(Br)o2)C1. The van der Waals surface area contributed by atoms with Gasteiger partial charge in [-0.3, -0.25) is 4.90 Å². The molecular formula is C11H17BrN2O2. The van der Waals surface area contributed by atoms with Crippen LogP contribution in [-0.2, 0) is 4.74 Å². The van der Waals surface area contributed by atoms with E-state index in [4.69, 9.17) is 14.9 Å². The normalized spacial score (nSPS) is 23.8. The Labute approximate surface area is 104 Å². The third kappa shape index (κ3) is 2.48. The van der Waals surface area contributed by atoms with Gasteiger partial charge in [0.1, 0.15) is 5.76 Å². The Hall–Kier alpha value is -0.360. The fourth-order valence-corrected chi connectivity index (χ4v) is 2.50. The molecule has 0 aromatic carbocycles. The van der Waals surface area contributed by atoms with Crippen LogP contribution in [0.25, 0.3) is 0 Å². The summed E-state index contributed by atoms with van der Waals surface area (Å²) >= 11 is 3.31. The van der Waals surface area contributed by atoms with Gasteiger partial charge >= 0.3 is 0 Å². The summed E-state index contributed by atoms with van der Waals surface area (Å²) < 4.78 is 11.7. The van der Waals surface area contributed by atoms with Crippen molar-refractivity contribution in [1.82, 2.24) is 4.90 Å². The van der Waals surface area contributed by atoms with Crippen LogP contribution in [-0.4, -0.2) is 37.7 Å². The average molecular weight is 289 g/mol. The number of hydrogen-bond acceptors (Lipinski definition) is 4. The first-order valence-corrected chi connectivity index (χ1v) is 6.26. The van der Waals surface area contributed by atoms with Crippen LogP contribution < -0.4 is 5.73 Å². The molecule has 1 aliphatic heterocycles. The lowest BCUT2D eigenvalue weighted by Crippen LogP contribution is -2.32. The van der Waals surface area contributed by atoms with Gasteiger partial charge in [0, 0.05) is 26.7 Å². The number of likely N-dealkylation sites (tertiary alicyclic amines) is 1. The van der Waals surface area contributed by atoms with Crippen LogP contribution in [0, 0.1) is 0 Å². The highest BCUT2D eigenvalue weighted by molar-refractivity contribution is 9.10. The predicted octanol–water partition coefficient (Wildman–Crippen LogP) is 1.76. The molecule has 0 bridgehead atoms. The van der Waals surface area contributed by atoms with Crippen molar-refractivity contribution in [2.24, 2.45) is 5.73 Å². The second kappa shape index (κ2) is 5.31. The minimum absolute atomic E-state index is 0.159. The van der Waals surface area contributed by atoms with Crippen molar-refractivity contribution in [2.75, 3.05) is 26.7 Å². The molecular weight excluding hydrogens is 272 g/mol. The third-order valence-electron chi connectivity index (χ3n) is 3.10. The quantitative estimate of drug-likeness (QED) is 0.917. The Kier molecular flexibility index (Phi) is 4.02. The van der Waals surface area contributed by atoms with Gasteiger partial charge in [0.05, 0.1) is 12.1 Å². The summed E-state index contributed by atoms with van der Waals surface area (Å²) in [5.74, 6) is 0.922. The van der Waals surface area contributed by atoms with E-state index in [1.165, 1.54) is 0 Å². The summed E-state index contributed by atoms with van der Waals surface area (Å²) in [5.41, 5.74) is 5.82. The smallest absolute Gasteiger partial charge is 0.169 e. The van der Waals surface area contributed by atoms with Crippen molar-refractivity contribution in [2.45, 2.75) is 18.6 Å². The third-order valence-corrected chi connectivity index (χ3v) is 3.52. The Balaban J connectivity index is 2.06. The van der Waals surface area contributed by atoms with Gasteiger partial charge in [-0.1, -0.05) is 0 Å². The van der Waals surface area contributed by atoms with Crippen LogP contribution >= 0.6 is 15.9 Å². The maximum Gasteiger partial charge on any atom is 0.169 e. The van der Waals surface area contributed by atoms with Crippen LogP contribution in [0.1, 0.15) is 18.2 Å². The fourth-order valence-electron chi connectivity index (χ4n) is 2.18. The Morgan fingerprint density at radius 3 is 3.00 bits per heavy atom. The molecule has 1 fully saturated rings. The summed E-state index contributed by atoms with van der Waals surface area (Å²) in [7, 11) is 1.76. The van der Waals surface area contributed by atoms with Gasteiger partial charge in [-0.25, -0.2) is 0 Å². The molecule has 2 atom stereocenters. The number of furan rings is 1. The topological polar surface area (TPSA) is 51.6 Å². The molecule has 2 unspecified atom stereocenters. The number of halogens is 1. The van der Waals surface area contributed by atoms with Crippen molar-refractivity contribution < 1.29 is 9.15 Å². The summed E-state index contributed by atoms with van der Waals surface area (Å²) in [5, 5.41) is 0. The second-order valence-electron chi connectivity index (χ2n) is 4.03. The molecule has 1 aliphatic rings. The van der Waals surface area contributed by atoms with Crippen molar-refractivity contribution in [3.63, 3.8) is 0 Å². The van der Waals surface area contributed by atoms with Crippen molar-refractivity contribution in [1.29, 1.82) is 0 Å². The Morgan fingerprint density at radius 2 is 2.50 bits per heavy atom. The van der Waals surface area contributed by atoms with Gasteiger partial charge in [-0.05, 0) is 34.5 Å². The zero-order chi connectivity index (χ0) is 11.5. The number of nitrogens with two attached hydrogens (primary N) is 1. The fraction of sp³-hybridized carbons (Fsp3) is 0.636. The molecule has 0 saturated carbocycles. The molecule has 0 radical (unpaired) electrons. The lowest BCUT2D eigenvalue weighted by atomic mass is 10.2. The van der Waals surface area contributed by atoms with Crippen LogP contribution in [0.4, 0.5) is 0 Å². The average Bonchev–Trinajstić information content (AvgIpc) is 2.89. The van der Waals surface area contributed by atoms with Crippen LogP contribution in [0.5, 0.6) is 0 Å². The second-order valence-corrected chi connectivity index (χ2v) is 4.82. The number of methoxy groups -OCH3 is 1. The van der Waals surface area contributed by atoms with Crippen LogP contribution in [0.3, 0.4) is 0 Å². The maximum atomic E-state index is 5.82. The molecule has 1 saturated heterocycles. The van der Waals surface area contributed by atoms with Crippen LogP contribution in [0.15, 0.2) is 21.2 Å². The molecule has 2 N–H and O–H groups in total. The number of rotatable bonds is 4. The summed E-state index contributed by atoms with van der Waals surface area (Å²) in [6, 6.07) is 4.04. The Bertz CT molecular complexity index is 342. The van der Waals surface area contributed by atoms with Gasteiger partial charge in [0.15, 0.2) is 4.67 Å². The molecule has 5 heteroatoms. The highest BCUT2D eigenvalue weighted by Crippen LogP contribution is 2.28. The lowest BCUT2D eigenvalue weighted by molar-refractivity contribution is 0.0988. The lowest BCUT2D eigenvalue weighted by Gasteiger charge is -2.24. The van der Waals surface area contributed by atoms with Crippen molar-refractivity contribution >= 4 is 15.9 Å². The first-order chi connectivity index (χ1) is 7.74. The predicted molar refractivity (Wildman–Crippen MR) is 65.2 cm³/mol. The molecule has 0 spiro atoms. The van der Waals surface area contributed by atoms with E-state index in [9.17, 15) is 0 Å². The van der Waals surface area contributed by atoms with Crippen molar-refractivity contribution in [3.05, 3.63) is 22.6 Å². The van der Waals surface area contributed by atoms with Gasteiger partial charge in [-0.15, -0.1) is 0 Å². The van der Waals surface area contributed by atoms with Gasteiger partial charge < -0.3 is 14.9 Å². The molecule has 90 valence electrons. The highest BCUT2D eigenvalue weighted by atomic mass is 79.9. The molecule has 4 nitrogen and oxygen atoms in total. The van der Waals surface area contributed by atoms with Gasteiger partial charge in [0.25, 0.3) is 0 Å². The molecule has 2 rings (SSSR count). The molecule has 16 heavy (non-hydrogen) atoms. The standard InChI is InChI=1S/C11H17BrN2O2/c1-15-8-4-5-14(7-8)9(6-13)10-2-3-11(12)16-10/h2-3,8-9H,4-7,13H2,1H3. The van der Waals surface area contributed by atoms with E-state index in [0.29, 0.717) is 12.6 Å². The minimum Gasteiger partial charge on any atom is -0.453 e. The van der Waals surface area contributed by atoms with E-state index in [1.807, 2.05) is 12.1 Å². The van der Waals surface area contributed by atoms with E-state index >= 15 is 0 Å². The van der Waals surface area contributed by atoms with E-state index in [1.54, 1.807) is 7.11 Å². The van der Waals surface area contributed by atoms with Gasteiger partial charge in [0.2, 0.25) is 0 Å². The number of ether oxygens (including phenoxy) is 1.